The zero-order valence-corrected chi connectivity index (χ0v) is 8.25. The second kappa shape index (κ2) is 3.29. The molecule has 0 aromatic rings. The summed E-state index contributed by atoms with van der Waals surface area (Å²) in [5, 5.41) is 3.82. The van der Waals surface area contributed by atoms with Crippen molar-refractivity contribution in [2.75, 3.05) is 0 Å². The van der Waals surface area contributed by atoms with Crippen molar-refractivity contribution in [3.8, 4) is 0 Å². The Balaban J connectivity index is 2.07. The number of fused-ring (bicyclic) bond motifs is 2. The number of oxime groups is 1. The monoisotopic (exact) mass is 201 g/mol. The zero-order valence-electron chi connectivity index (χ0n) is 7.50. The van der Waals surface area contributed by atoms with Crippen molar-refractivity contribution < 1.29 is 9.63 Å². The lowest BCUT2D eigenvalue weighted by Crippen LogP contribution is -2.23. The third-order valence-corrected chi connectivity index (χ3v) is 3.45. The van der Waals surface area contributed by atoms with Crippen LogP contribution in [-0.2, 0) is 9.63 Å². The zero-order chi connectivity index (χ0) is 9.42. The van der Waals surface area contributed by atoms with Gasteiger partial charge in [0.2, 0.25) is 0 Å². The van der Waals surface area contributed by atoms with E-state index in [2.05, 4.69) is 9.99 Å². The van der Waals surface area contributed by atoms with Crippen LogP contribution in [0.2, 0.25) is 0 Å². The molecule has 0 heterocycles. The van der Waals surface area contributed by atoms with E-state index in [1.165, 1.54) is 13.3 Å². The number of nitrogens with zero attached hydrogens (tertiary/aromatic N) is 1. The highest BCUT2D eigenvalue weighted by Crippen LogP contribution is 2.45. The van der Waals surface area contributed by atoms with Gasteiger partial charge in [0, 0.05) is 12.8 Å². The fourth-order valence-corrected chi connectivity index (χ4v) is 2.71. The first-order valence-electron chi connectivity index (χ1n) is 4.58. The first kappa shape index (κ1) is 9.00. The van der Waals surface area contributed by atoms with Crippen molar-refractivity contribution in [3.63, 3.8) is 0 Å². The summed E-state index contributed by atoms with van der Waals surface area (Å²) in [6.07, 6.45) is 3.46. The van der Waals surface area contributed by atoms with Gasteiger partial charge in [-0.2, -0.15) is 0 Å². The maximum absolute atomic E-state index is 10.5. The molecule has 3 nitrogen and oxygen atoms in total. The Hall–Kier alpha value is -0.570. The molecule has 0 saturated heterocycles. The van der Waals surface area contributed by atoms with E-state index in [0.29, 0.717) is 11.8 Å². The number of hydrogen-bond acceptors (Lipinski definition) is 3. The molecule has 2 rings (SSSR count). The van der Waals surface area contributed by atoms with Gasteiger partial charge < -0.3 is 4.84 Å². The maximum atomic E-state index is 10.5. The van der Waals surface area contributed by atoms with Crippen molar-refractivity contribution in [3.05, 3.63) is 0 Å². The molecular formula is C9H12ClNO2. The number of rotatable bonds is 1. The minimum absolute atomic E-state index is 0.00176. The Morgan fingerprint density at radius 2 is 2.38 bits per heavy atom. The number of carbonyl (C=O) groups is 1. The van der Waals surface area contributed by atoms with E-state index in [1.807, 2.05) is 0 Å². The molecule has 0 radical (unpaired) electrons. The van der Waals surface area contributed by atoms with Crippen LogP contribution in [0, 0.1) is 11.8 Å². The molecule has 72 valence electrons. The fraction of sp³-hybridized carbons (Fsp3) is 0.778. The van der Waals surface area contributed by atoms with Crippen LogP contribution < -0.4 is 0 Å². The standard InChI is InChI=1S/C9H12ClNO2/c1-5(12)13-11-9-7-3-2-6(4-7)8(9)10/h6-8H,2-4H2,1H3/b11-9-. The van der Waals surface area contributed by atoms with Gasteiger partial charge in [-0.25, -0.2) is 4.79 Å². The average Bonchev–Trinajstić information content (AvgIpc) is 2.61. The van der Waals surface area contributed by atoms with E-state index in [9.17, 15) is 4.79 Å². The highest BCUT2D eigenvalue weighted by molar-refractivity contribution is 6.33. The lowest BCUT2D eigenvalue weighted by molar-refractivity contribution is -0.141. The normalized spacial score (nSPS) is 39.8. The van der Waals surface area contributed by atoms with Crippen molar-refractivity contribution in [2.45, 2.75) is 31.6 Å². The summed E-state index contributed by atoms with van der Waals surface area (Å²) in [6.45, 7) is 1.35. The minimum Gasteiger partial charge on any atom is -0.319 e. The third kappa shape index (κ3) is 1.57. The van der Waals surface area contributed by atoms with Crippen LogP contribution in [0.25, 0.3) is 0 Å². The van der Waals surface area contributed by atoms with Crippen LogP contribution in [0.4, 0.5) is 0 Å². The molecule has 0 N–H and O–H groups in total. The van der Waals surface area contributed by atoms with Crippen LogP contribution in [0.15, 0.2) is 5.16 Å². The summed E-state index contributed by atoms with van der Waals surface area (Å²) in [4.78, 5) is 15.2. The molecule has 3 unspecified atom stereocenters. The van der Waals surface area contributed by atoms with Crippen molar-refractivity contribution in [1.82, 2.24) is 0 Å². The molecule has 0 amide bonds. The highest BCUT2D eigenvalue weighted by atomic mass is 35.5. The maximum Gasteiger partial charge on any atom is 0.331 e. The van der Waals surface area contributed by atoms with Gasteiger partial charge in [0.1, 0.15) is 0 Å². The van der Waals surface area contributed by atoms with Gasteiger partial charge in [-0.3, -0.25) is 0 Å². The fourth-order valence-electron chi connectivity index (χ4n) is 2.26. The smallest absolute Gasteiger partial charge is 0.319 e. The van der Waals surface area contributed by atoms with Crippen LogP contribution >= 0.6 is 11.6 Å². The second-order valence-electron chi connectivity index (χ2n) is 3.77. The second-order valence-corrected chi connectivity index (χ2v) is 4.24. The van der Waals surface area contributed by atoms with E-state index in [0.717, 1.165) is 18.6 Å². The van der Waals surface area contributed by atoms with E-state index in [-0.39, 0.29) is 11.3 Å². The van der Waals surface area contributed by atoms with E-state index in [4.69, 9.17) is 11.6 Å². The molecule has 2 aliphatic carbocycles. The molecule has 0 aromatic carbocycles. The first-order valence-corrected chi connectivity index (χ1v) is 5.01. The topological polar surface area (TPSA) is 38.7 Å². The van der Waals surface area contributed by atoms with E-state index < -0.39 is 0 Å². The van der Waals surface area contributed by atoms with Crippen LogP contribution in [-0.4, -0.2) is 17.1 Å². The summed E-state index contributed by atoms with van der Waals surface area (Å²) in [5.41, 5.74) is 0.883. The molecule has 0 aliphatic heterocycles. The van der Waals surface area contributed by atoms with Gasteiger partial charge in [0.15, 0.2) is 0 Å². The third-order valence-electron chi connectivity index (χ3n) is 2.87. The summed E-state index contributed by atoms with van der Waals surface area (Å²) >= 11 is 6.14. The molecule has 4 heteroatoms. The van der Waals surface area contributed by atoms with E-state index in [1.54, 1.807) is 0 Å². The summed E-state index contributed by atoms with van der Waals surface area (Å²) in [7, 11) is 0. The van der Waals surface area contributed by atoms with Gasteiger partial charge in [-0.15, -0.1) is 11.6 Å². The summed E-state index contributed by atoms with van der Waals surface area (Å²) < 4.78 is 0. The Morgan fingerprint density at radius 3 is 2.92 bits per heavy atom. The van der Waals surface area contributed by atoms with Crippen LogP contribution in [0.5, 0.6) is 0 Å². The predicted molar refractivity (Wildman–Crippen MR) is 49.7 cm³/mol. The van der Waals surface area contributed by atoms with E-state index >= 15 is 0 Å². The Kier molecular flexibility index (Phi) is 2.28. The van der Waals surface area contributed by atoms with Gasteiger partial charge >= 0.3 is 5.97 Å². The Labute approximate surface area is 82.1 Å². The number of alkyl halides is 1. The van der Waals surface area contributed by atoms with Gasteiger partial charge in [0.05, 0.1) is 11.1 Å². The molecule has 2 fully saturated rings. The molecule has 13 heavy (non-hydrogen) atoms. The highest BCUT2D eigenvalue weighted by Gasteiger charge is 2.44. The van der Waals surface area contributed by atoms with Crippen LogP contribution in [0.3, 0.4) is 0 Å². The van der Waals surface area contributed by atoms with Crippen LogP contribution in [0.1, 0.15) is 26.2 Å². The molecule has 2 saturated carbocycles. The molecule has 0 spiro atoms. The molecule has 2 aliphatic rings. The van der Waals surface area contributed by atoms with Gasteiger partial charge in [-0.1, -0.05) is 5.16 Å². The van der Waals surface area contributed by atoms with Gasteiger partial charge in [0.25, 0.3) is 0 Å². The number of halogens is 1. The molecule has 3 atom stereocenters. The van der Waals surface area contributed by atoms with Crippen molar-refractivity contribution in [1.29, 1.82) is 0 Å². The lowest BCUT2D eigenvalue weighted by Gasteiger charge is -2.16. The first-order chi connectivity index (χ1) is 6.18. The largest absolute Gasteiger partial charge is 0.331 e. The predicted octanol–water partition coefficient (Wildman–Crippen LogP) is 1.94. The number of hydrogen-bond donors (Lipinski definition) is 0. The molecule has 0 aromatic heterocycles. The van der Waals surface area contributed by atoms with Crippen molar-refractivity contribution >= 4 is 23.3 Å². The van der Waals surface area contributed by atoms with Gasteiger partial charge in [-0.05, 0) is 25.2 Å². The SMILES string of the molecule is CC(=O)O/N=C1/C2CCC(C2)C1Cl. The Morgan fingerprint density at radius 1 is 1.62 bits per heavy atom. The quantitative estimate of drug-likeness (QED) is 0.370. The van der Waals surface area contributed by atoms with Crippen molar-refractivity contribution in [2.24, 2.45) is 17.0 Å². The summed E-state index contributed by atoms with van der Waals surface area (Å²) in [6, 6.07) is 0. The minimum atomic E-state index is -0.376. The molecular weight excluding hydrogens is 190 g/mol. The lowest BCUT2D eigenvalue weighted by atomic mass is 9.98. The number of carbonyl (C=O) groups excluding carboxylic acids is 1. The average molecular weight is 202 g/mol. The summed E-state index contributed by atoms with van der Waals surface area (Å²) in [5.74, 6) is 0.645. The Bertz CT molecular complexity index is 260. The molecule has 2 bridgehead atoms.